The van der Waals surface area contributed by atoms with Crippen LogP contribution in [0.25, 0.3) is 0 Å². The maximum absolute atomic E-state index is 12.6. The molecule has 1 atom stereocenters. The van der Waals surface area contributed by atoms with Crippen molar-refractivity contribution in [3.05, 3.63) is 64.7 Å². The van der Waals surface area contributed by atoms with Gasteiger partial charge in [0.2, 0.25) is 0 Å². The maximum atomic E-state index is 12.6. The zero-order chi connectivity index (χ0) is 20.7. The first-order chi connectivity index (χ1) is 13.1. The molecule has 2 aromatic carbocycles. The van der Waals surface area contributed by atoms with Crippen molar-refractivity contribution in [2.24, 2.45) is 0 Å². The molecule has 0 unspecified atom stereocenters. The second-order valence-corrected chi connectivity index (χ2v) is 8.20. The number of carbonyl (C=O) groups is 1. The van der Waals surface area contributed by atoms with E-state index in [1.165, 1.54) is 4.90 Å². The molecule has 0 bridgehead atoms. The van der Waals surface area contributed by atoms with E-state index in [0.717, 1.165) is 12.0 Å². The Morgan fingerprint density at radius 2 is 1.86 bits per heavy atom. The van der Waals surface area contributed by atoms with Crippen molar-refractivity contribution in [2.45, 2.75) is 45.3 Å². The zero-order valence-corrected chi connectivity index (χ0v) is 17.3. The van der Waals surface area contributed by atoms with Crippen molar-refractivity contribution in [2.75, 3.05) is 13.1 Å². The standard InChI is InChI=1S/C22H28ClNO4/c1-22(2,3)28-21(27)24(13-5-6-16-9-11-19(25)12-10-16)15-20(26)17-7-4-8-18(23)14-17/h4,7-12,14,20,25-26H,5-6,13,15H2,1-3H3/t20-/m0/s1. The van der Waals surface area contributed by atoms with Crippen LogP contribution in [-0.2, 0) is 11.2 Å². The number of carbonyl (C=O) groups excluding carboxylic acids is 1. The van der Waals surface area contributed by atoms with Gasteiger partial charge < -0.3 is 19.8 Å². The number of ether oxygens (including phenoxy) is 1. The summed E-state index contributed by atoms with van der Waals surface area (Å²) in [5.41, 5.74) is 1.10. The SMILES string of the molecule is CC(C)(C)OC(=O)N(CCCc1ccc(O)cc1)C[C@H](O)c1cccc(Cl)c1. The lowest BCUT2D eigenvalue weighted by atomic mass is 10.1. The van der Waals surface area contributed by atoms with Crippen molar-refractivity contribution < 1.29 is 19.7 Å². The summed E-state index contributed by atoms with van der Waals surface area (Å²) in [5.74, 6) is 0.226. The number of aromatic hydroxyl groups is 1. The number of benzene rings is 2. The third-order valence-corrected chi connectivity index (χ3v) is 4.34. The molecular formula is C22H28ClNO4. The molecule has 0 aliphatic heterocycles. The van der Waals surface area contributed by atoms with Crippen LogP contribution < -0.4 is 0 Å². The number of aliphatic hydroxyl groups excluding tert-OH is 1. The molecular weight excluding hydrogens is 378 g/mol. The first-order valence-corrected chi connectivity index (χ1v) is 9.71. The number of aliphatic hydroxyl groups is 1. The number of aryl methyl sites for hydroxylation is 1. The Labute approximate surface area is 171 Å². The highest BCUT2D eigenvalue weighted by atomic mass is 35.5. The zero-order valence-electron chi connectivity index (χ0n) is 16.6. The normalized spacial score (nSPS) is 12.5. The van der Waals surface area contributed by atoms with Gasteiger partial charge in [-0.05, 0) is 69.0 Å². The van der Waals surface area contributed by atoms with Crippen molar-refractivity contribution >= 4 is 17.7 Å². The average molecular weight is 406 g/mol. The van der Waals surface area contributed by atoms with E-state index in [9.17, 15) is 15.0 Å². The largest absolute Gasteiger partial charge is 0.508 e. The van der Waals surface area contributed by atoms with Crippen LogP contribution in [0.5, 0.6) is 5.75 Å². The number of hydrogen-bond acceptors (Lipinski definition) is 4. The summed E-state index contributed by atoms with van der Waals surface area (Å²) in [5, 5.41) is 20.5. The Kier molecular flexibility index (Phi) is 7.72. The second kappa shape index (κ2) is 9.80. The fourth-order valence-electron chi connectivity index (χ4n) is 2.75. The van der Waals surface area contributed by atoms with E-state index in [4.69, 9.17) is 16.3 Å². The molecule has 2 rings (SSSR count). The number of hydrogen-bond donors (Lipinski definition) is 2. The summed E-state index contributed by atoms with van der Waals surface area (Å²) in [4.78, 5) is 14.1. The van der Waals surface area contributed by atoms with E-state index in [-0.39, 0.29) is 12.3 Å². The highest BCUT2D eigenvalue weighted by Gasteiger charge is 2.24. The van der Waals surface area contributed by atoms with Gasteiger partial charge in [0, 0.05) is 11.6 Å². The summed E-state index contributed by atoms with van der Waals surface area (Å²) in [6.45, 7) is 5.99. The van der Waals surface area contributed by atoms with Gasteiger partial charge in [0.1, 0.15) is 11.4 Å². The van der Waals surface area contributed by atoms with E-state index in [1.54, 1.807) is 36.4 Å². The minimum atomic E-state index is -0.861. The molecule has 0 spiro atoms. The van der Waals surface area contributed by atoms with Crippen molar-refractivity contribution in [1.82, 2.24) is 4.90 Å². The minimum absolute atomic E-state index is 0.116. The van der Waals surface area contributed by atoms with E-state index < -0.39 is 17.8 Å². The topological polar surface area (TPSA) is 70.0 Å². The Balaban J connectivity index is 2.03. The van der Waals surface area contributed by atoms with Crippen LogP contribution in [-0.4, -0.2) is 39.9 Å². The van der Waals surface area contributed by atoms with Gasteiger partial charge in [-0.15, -0.1) is 0 Å². The van der Waals surface area contributed by atoms with Gasteiger partial charge in [0.25, 0.3) is 0 Å². The summed E-state index contributed by atoms with van der Waals surface area (Å²) in [6.07, 6.45) is 0.123. The number of nitrogens with zero attached hydrogens (tertiary/aromatic N) is 1. The van der Waals surface area contributed by atoms with Crippen LogP contribution in [0.15, 0.2) is 48.5 Å². The second-order valence-electron chi connectivity index (χ2n) is 7.77. The predicted molar refractivity (Wildman–Crippen MR) is 111 cm³/mol. The minimum Gasteiger partial charge on any atom is -0.508 e. The molecule has 0 aliphatic carbocycles. The van der Waals surface area contributed by atoms with Crippen molar-refractivity contribution in [3.63, 3.8) is 0 Å². The van der Waals surface area contributed by atoms with Crippen LogP contribution in [0.2, 0.25) is 5.02 Å². The van der Waals surface area contributed by atoms with Crippen LogP contribution in [0.3, 0.4) is 0 Å². The van der Waals surface area contributed by atoms with E-state index >= 15 is 0 Å². The molecule has 0 aromatic heterocycles. The number of amides is 1. The molecule has 0 saturated heterocycles. The summed E-state index contributed by atoms with van der Waals surface area (Å²) >= 11 is 6.00. The third kappa shape index (κ3) is 7.41. The molecule has 1 amide bonds. The van der Waals surface area contributed by atoms with Gasteiger partial charge in [-0.1, -0.05) is 35.9 Å². The van der Waals surface area contributed by atoms with Gasteiger partial charge >= 0.3 is 6.09 Å². The number of rotatable bonds is 7. The molecule has 0 aliphatic rings. The highest BCUT2D eigenvalue weighted by molar-refractivity contribution is 6.30. The average Bonchev–Trinajstić information content (AvgIpc) is 2.61. The first-order valence-electron chi connectivity index (χ1n) is 9.33. The summed E-state index contributed by atoms with van der Waals surface area (Å²) in [6, 6.07) is 14.0. The molecule has 5 nitrogen and oxygen atoms in total. The fourth-order valence-corrected chi connectivity index (χ4v) is 2.95. The van der Waals surface area contributed by atoms with Crippen LogP contribution in [0, 0.1) is 0 Å². The lowest BCUT2D eigenvalue weighted by Crippen LogP contribution is -2.40. The van der Waals surface area contributed by atoms with Crippen LogP contribution in [0.1, 0.15) is 44.4 Å². The van der Waals surface area contributed by atoms with Gasteiger partial charge in [-0.25, -0.2) is 4.79 Å². The number of halogens is 1. The Hall–Kier alpha value is -2.24. The van der Waals surface area contributed by atoms with Crippen molar-refractivity contribution in [1.29, 1.82) is 0 Å². The number of phenolic OH excluding ortho intramolecular Hbond substituents is 1. The monoisotopic (exact) mass is 405 g/mol. The molecule has 0 heterocycles. The molecule has 28 heavy (non-hydrogen) atoms. The maximum Gasteiger partial charge on any atom is 0.410 e. The van der Waals surface area contributed by atoms with E-state index in [1.807, 2.05) is 32.9 Å². The smallest absolute Gasteiger partial charge is 0.410 e. The van der Waals surface area contributed by atoms with Gasteiger partial charge in [-0.2, -0.15) is 0 Å². The molecule has 0 fully saturated rings. The lowest BCUT2D eigenvalue weighted by Gasteiger charge is -2.29. The molecule has 0 radical (unpaired) electrons. The quantitative estimate of drug-likeness (QED) is 0.683. The lowest BCUT2D eigenvalue weighted by molar-refractivity contribution is 0.0142. The molecule has 0 saturated carbocycles. The molecule has 2 N–H and O–H groups in total. The first kappa shape index (κ1) is 22.1. The van der Waals surface area contributed by atoms with E-state index in [0.29, 0.717) is 23.6 Å². The molecule has 152 valence electrons. The summed E-state index contributed by atoms with van der Waals surface area (Å²) in [7, 11) is 0. The fraction of sp³-hybridized carbons (Fsp3) is 0.409. The van der Waals surface area contributed by atoms with Gasteiger partial charge in [0.15, 0.2) is 0 Å². The van der Waals surface area contributed by atoms with E-state index in [2.05, 4.69) is 0 Å². The van der Waals surface area contributed by atoms with Crippen LogP contribution in [0.4, 0.5) is 4.79 Å². The Morgan fingerprint density at radius 3 is 2.46 bits per heavy atom. The molecule has 2 aromatic rings. The highest BCUT2D eigenvalue weighted by Crippen LogP contribution is 2.20. The van der Waals surface area contributed by atoms with Gasteiger partial charge in [-0.3, -0.25) is 0 Å². The molecule has 6 heteroatoms. The predicted octanol–water partition coefficient (Wildman–Crippen LogP) is 4.95. The number of phenols is 1. The summed E-state index contributed by atoms with van der Waals surface area (Å²) < 4.78 is 5.50. The van der Waals surface area contributed by atoms with Crippen LogP contribution >= 0.6 is 11.6 Å². The Morgan fingerprint density at radius 1 is 1.18 bits per heavy atom. The van der Waals surface area contributed by atoms with Crippen molar-refractivity contribution in [3.8, 4) is 5.75 Å². The van der Waals surface area contributed by atoms with Gasteiger partial charge in [0.05, 0.1) is 12.6 Å². The third-order valence-electron chi connectivity index (χ3n) is 4.11. The Bertz CT molecular complexity index is 771.